The van der Waals surface area contributed by atoms with E-state index in [1.807, 2.05) is 35.2 Å². The summed E-state index contributed by atoms with van der Waals surface area (Å²) in [7, 11) is 0. The average molecular weight is 362 g/mol. The first kappa shape index (κ1) is 17.3. The molecule has 3 heterocycles. The molecule has 2 aromatic heterocycles. The van der Waals surface area contributed by atoms with E-state index in [2.05, 4.69) is 27.4 Å². The fourth-order valence-electron chi connectivity index (χ4n) is 3.56. The molecule has 138 valence electrons. The summed E-state index contributed by atoms with van der Waals surface area (Å²) in [6.45, 7) is 1.66. The first-order valence-electron chi connectivity index (χ1n) is 9.23. The molecule has 4 rings (SSSR count). The molecule has 2 N–H and O–H groups in total. The maximum atomic E-state index is 12.5. The Bertz CT molecular complexity index is 965. The van der Waals surface area contributed by atoms with Gasteiger partial charge in [-0.1, -0.05) is 24.3 Å². The number of benzene rings is 1. The molecule has 6 nitrogen and oxygen atoms in total. The summed E-state index contributed by atoms with van der Waals surface area (Å²) in [5, 5.41) is 4.06. The molecular weight excluding hydrogens is 340 g/mol. The highest BCUT2D eigenvalue weighted by molar-refractivity contribution is 5.86. The van der Waals surface area contributed by atoms with Crippen molar-refractivity contribution >= 4 is 22.7 Å². The van der Waals surface area contributed by atoms with Crippen molar-refractivity contribution in [1.82, 2.24) is 20.2 Å². The molecule has 0 radical (unpaired) electrons. The van der Waals surface area contributed by atoms with Crippen LogP contribution >= 0.6 is 0 Å². The number of nitrogens with one attached hydrogen (secondary N) is 2. The number of para-hydroxylation sites is 1. The summed E-state index contributed by atoms with van der Waals surface area (Å²) in [4.78, 5) is 34.0. The second-order valence-electron chi connectivity index (χ2n) is 6.79. The van der Waals surface area contributed by atoms with Gasteiger partial charge in [0.25, 0.3) is 0 Å². The van der Waals surface area contributed by atoms with E-state index in [-0.39, 0.29) is 24.7 Å². The number of hydrogen-bond acceptors (Lipinski definition) is 3. The normalized spacial score (nSPS) is 13.4. The third-order valence-electron chi connectivity index (χ3n) is 4.99. The molecule has 0 atom stereocenters. The van der Waals surface area contributed by atoms with Gasteiger partial charge < -0.3 is 15.2 Å². The number of nitrogens with zero attached hydrogens (tertiary/aromatic N) is 2. The predicted octanol–water partition coefficient (Wildman–Crippen LogP) is 2.54. The Morgan fingerprint density at radius 1 is 1.11 bits per heavy atom. The van der Waals surface area contributed by atoms with Gasteiger partial charge in [0.2, 0.25) is 11.8 Å². The van der Waals surface area contributed by atoms with E-state index >= 15 is 0 Å². The van der Waals surface area contributed by atoms with Crippen LogP contribution in [0.1, 0.15) is 29.8 Å². The number of aromatic nitrogens is 2. The monoisotopic (exact) mass is 362 g/mol. The fraction of sp³-hybridized carbons (Fsp3) is 0.286. The zero-order valence-corrected chi connectivity index (χ0v) is 15.1. The summed E-state index contributed by atoms with van der Waals surface area (Å²) < 4.78 is 0. The van der Waals surface area contributed by atoms with Crippen LogP contribution < -0.4 is 5.32 Å². The van der Waals surface area contributed by atoms with E-state index in [1.165, 1.54) is 10.9 Å². The molecule has 1 aliphatic heterocycles. The van der Waals surface area contributed by atoms with Gasteiger partial charge in [-0.3, -0.25) is 14.6 Å². The van der Waals surface area contributed by atoms with Gasteiger partial charge in [0.1, 0.15) is 0 Å². The number of hydrogen-bond donors (Lipinski definition) is 2. The second kappa shape index (κ2) is 7.61. The number of carbonyl (C=O) groups excluding carboxylic acids is 2. The van der Waals surface area contributed by atoms with Crippen LogP contribution in [0.2, 0.25) is 0 Å². The number of fused-ring (bicyclic) bond motifs is 3. The number of H-pyrrole nitrogens is 1. The molecule has 0 fully saturated rings. The molecule has 27 heavy (non-hydrogen) atoms. The van der Waals surface area contributed by atoms with Crippen molar-refractivity contribution in [2.75, 3.05) is 6.54 Å². The molecule has 0 aliphatic carbocycles. The zero-order valence-electron chi connectivity index (χ0n) is 15.1. The van der Waals surface area contributed by atoms with Gasteiger partial charge in [0, 0.05) is 42.2 Å². The van der Waals surface area contributed by atoms with Crippen molar-refractivity contribution in [3.8, 4) is 0 Å². The first-order valence-corrected chi connectivity index (χ1v) is 9.23. The van der Waals surface area contributed by atoms with Gasteiger partial charge in [-0.05, 0) is 30.2 Å². The summed E-state index contributed by atoms with van der Waals surface area (Å²) in [5.41, 5.74) is 4.34. The zero-order chi connectivity index (χ0) is 18.6. The average Bonchev–Trinajstić information content (AvgIpc) is 3.09. The highest BCUT2D eigenvalue weighted by Gasteiger charge is 2.23. The molecule has 0 saturated carbocycles. The van der Waals surface area contributed by atoms with E-state index in [4.69, 9.17) is 0 Å². The summed E-state index contributed by atoms with van der Waals surface area (Å²) in [6, 6.07) is 13.8. The predicted molar refractivity (Wildman–Crippen MR) is 103 cm³/mol. The van der Waals surface area contributed by atoms with Crippen molar-refractivity contribution in [1.29, 1.82) is 0 Å². The van der Waals surface area contributed by atoms with Crippen molar-refractivity contribution in [2.45, 2.75) is 32.4 Å². The quantitative estimate of drug-likeness (QED) is 0.732. The first-order chi connectivity index (χ1) is 13.2. The summed E-state index contributed by atoms with van der Waals surface area (Å²) in [6.07, 6.45) is 2.96. The van der Waals surface area contributed by atoms with Crippen LogP contribution in [0.15, 0.2) is 48.7 Å². The third kappa shape index (κ3) is 3.84. The highest BCUT2D eigenvalue weighted by Crippen LogP contribution is 2.27. The van der Waals surface area contributed by atoms with Gasteiger partial charge >= 0.3 is 0 Å². The number of amides is 2. The lowest BCUT2D eigenvalue weighted by atomic mass is 10.0. The molecule has 3 aromatic rings. The van der Waals surface area contributed by atoms with Gasteiger partial charge in [0.15, 0.2) is 0 Å². The molecule has 2 amide bonds. The fourth-order valence-corrected chi connectivity index (χ4v) is 3.56. The van der Waals surface area contributed by atoms with Crippen molar-refractivity contribution < 1.29 is 9.59 Å². The van der Waals surface area contributed by atoms with Crippen LogP contribution in [0.25, 0.3) is 10.9 Å². The minimum Gasteiger partial charge on any atom is -0.357 e. The van der Waals surface area contributed by atoms with E-state index in [0.717, 1.165) is 23.3 Å². The minimum absolute atomic E-state index is 0.0206. The number of pyridine rings is 1. The molecule has 1 aliphatic rings. The largest absolute Gasteiger partial charge is 0.357 e. The Balaban J connectivity index is 1.29. The topological polar surface area (TPSA) is 78.1 Å². The Labute approximate surface area is 157 Å². The Morgan fingerprint density at radius 3 is 2.81 bits per heavy atom. The Kier molecular flexibility index (Phi) is 4.87. The standard InChI is InChI=1S/C21H22N4O2/c26-20(23-13-15-5-3-4-11-22-15)8-9-21(27)25-12-10-17-16-6-1-2-7-18(16)24-19(17)14-25/h1-7,11,24H,8-10,12-14H2,(H,23,26). The van der Waals surface area contributed by atoms with Crippen LogP contribution in [-0.2, 0) is 29.1 Å². The molecule has 0 bridgehead atoms. The van der Waals surface area contributed by atoms with Crippen molar-refractivity contribution in [3.05, 3.63) is 65.6 Å². The van der Waals surface area contributed by atoms with Crippen LogP contribution in [-0.4, -0.2) is 33.2 Å². The van der Waals surface area contributed by atoms with E-state index in [1.54, 1.807) is 6.20 Å². The van der Waals surface area contributed by atoms with Gasteiger partial charge in [0.05, 0.1) is 18.8 Å². The van der Waals surface area contributed by atoms with Crippen molar-refractivity contribution in [3.63, 3.8) is 0 Å². The summed E-state index contributed by atoms with van der Waals surface area (Å²) in [5.74, 6) is -0.107. The van der Waals surface area contributed by atoms with Crippen LogP contribution in [0, 0.1) is 0 Å². The lowest BCUT2D eigenvalue weighted by Gasteiger charge is -2.27. The van der Waals surface area contributed by atoms with Gasteiger partial charge in [-0.2, -0.15) is 0 Å². The molecular formula is C21H22N4O2. The highest BCUT2D eigenvalue weighted by atomic mass is 16.2. The van der Waals surface area contributed by atoms with Gasteiger partial charge in [-0.15, -0.1) is 0 Å². The van der Waals surface area contributed by atoms with Crippen LogP contribution in [0.3, 0.4) is 0 Å². The van der Waals surface area contributed by atoms with E-state index in [9.17, 15) is 9.59 Å². The Morgan fingerprint density at radius 2 is 1.96 bits per heavy atom. The molecule has 0 unspecified atom stereocenters. The number of rotatable bonds is 5. The summed E-state index contributed by atoms with van der Waals surface area (Å²) >= 11 is 0. The number of aromatic amines is 1. The molecule has 0 spiro atoms. The number of carbonyl (C=O) groups is 2. The van der Waals surface area contributed by atoms with Crippen LogP contribution in [0.4, 0.5) is 0 Å². The van der Waals surface area contributed by atoms with Crippen molar-refractivity contribution in [2.24, 2.45) is 0 Å². The lowest BCUT2D eigenvalue weighted by Crippen LogP contribution is -2.36. The van der Waals surface area contributed by atoms with Gasteiger partial charge in [-0.25, -0.2) is 0 Å². The third-order valence-corrected chi connectivity index (χ3v) is 4.99. The minimum atomic E-state index is -0.127. The second-order valence-corrected chi connectivity index (χ2v) is 6.79. The van der Waals surface area contributed by atoms with Crippen LogP contribution in [0.5, 0.6) is 0 Å². The maximum Gasteiger partial charge on any atom is 0.223 e. The van der Waals surface area contributed by atoms with E-state index in [0.29, 0.717) is 19.6 Å². The smallest absolute Gasteiger partial charge is 0.223 e. The Hall–Kier alpha value is -3.15. The lowest BCUT2D eigenvalue weighted by molar-refractivity contribution is -0.134. The molecule has 6 heteroatoms. The maximum absolute atomic E-state index is 12.5. The molecule has 1 aromatic carbocycles. The molecule has 0 saturated heterocycles. The van der Waals surface area contributed by atoms with E-state index < -0.39 is 0 Å². The SMILES string of the molecule is O=C(CCC(=O)N1CCc2c([nH]c3ccccc23)C1)NCc1ccccn1.